The minimum atomic E-state index is -0.136. The molecule has 0 bridgehead atoms. The van der Waals surface area contributed by atoms with E-state index in [0.29, 0.717) is 42.2 Å². The highest BCUT2D eigenvalue weighted by atomic mass is 35.5. The van der Waals surface area contributed by atoms with E-state index in [1.165, 1.54) is 6.20 Å². The molecule has 2 aromatic carbocycles. The minimum Gasteiger partial charge on any atom is -0.476 e. The first-order valence-electron chi connectivity index (χ1n) is 13.3. The van der Waals surface area contributed by atoms with Crippen LogP contribution in [0.2, 0.25) is 5.02 Å². The summed E-state index contributed by atoms with van der Waals surface area (Å²) in [5.41, 5.74) is 8.77. The van der Waals surface area contributed by atoms with Crippen LogP contribution in [0, 0.1) is 17.8 Å². The van der Waals surface area contributed by atoms with E-state index in [1.54, 1.807) is 0 Å². The lowest BCUT2D eigenvalue weighted by molar-refractivity contribution is -0.114. The number of allylic oxidation sites excluding steroid dienone is 1. The van der Waals surface area contributed by atoms with Gasteiger partial charge in [0.2, 0.25) is 5.90 Å². The molecule has 40 heavy (non-hydrogen) atoms. The van der Waals surface area contributed by atoms with Gasteiger partial charge in [-0.25, -0.2) is 0 Å². The zero-order chi connectivity index (χ0) is 29.5. The first kappa shape index (κ1) is 32.6. The molecule has 0 saturated carbocycles. The molecule has 216 valence electrons. The second-order valence-electron chi connectivity index (χ2n) is 9.94. The van der Waals surface area contributed by atoms with Gasteiger partial charge in [-0.3, -0.25) is 4.79 Å². The first-order chi connectivity index (χ1) is 19.2. The number of hydrogen-bond donors (Lipinski definition) is 3. The van der Waals surface area contributed by atoms with Crippen LogP contribution in [-0.2, 0) is 20.7 Å². The van der Waals surface area contributed by atoms with Crippen molar-refractivity contribution in [2.45, 2.75) is 33.6 Å². The van der Waals surface area contributed by atoms with Crippen LogP contribution in [0.25, 0.3) is 0 Å². The zero-order valence-corrected chi connectivity index (χ0v) is 24.7. The van der Waals surface area contributed by atoms with E-state index < -0.39 is 0 Å². The number of amides is 1. The number of hydrogen-bond acceptors (Lipinski definition) is 7. The summed E-state index contributed by atoms with van der Waals surface area (Å²) in [7, 11) is 1.82. The Labute approximate surface area is 243 Å². The summed E-state index contributed by atoms with van der Waals surface area (Å²) >= 11 is 6.31. The SMILES string of the molecule is C=CN.C=N/N=C(\OCC1COCC(/C(C(=O)Nc2ccccc2)=C(\C)NC)C1)c1cc(Cl)ccc1CC(C)C. The molecule has 1 aliphatic heterocycles. The molecule has 2 atom stereocenters. The van der Waals surface area contributed by atoms with Crippen molar-refractivity contribution in [1.82, 2.24) is 5.32 Å². The summed E-state index contributed by atoms with van der Waals surface area (Å²) in [5.74, 6) is 0.681. The second kappa shape index (κ2) is 17.2. The zero-order valence-electron chi connectivity index (χ0n) is 24.0. The summed E-state index contributed by atoms with van der Waals surface area (Å²) in [6, 6.07) is 15.2. The Balaban J connectivity index is 0.00000178. The predicted molar refractivity (Wildman–Crippen MR) is 166 cm³/mol. The van der Waals surface area contributed by atoms with Crippen molar-refractivity contribution in [2.24, 2.45) is 33.7 Å². The number of nitrogens with one attached hydrogen (secondary N) is 2. The van der Waals surface area contributed by atoms with Crippen molar-refractivity contribution in [3.63, 3.8) is 0 Å². The molecule has 1 saturated heterocycles. The average Bonchev–Trinajstić information content (AvgIpc) is 2.93. The average molecular weight is 568 g/mol. The van der Waals surface area contributed by atoms with Crippen molar-refractivity contribution in [3.05, 3.63) is 88.7 Å². The lowest BCUT2D eigenvalue weighted by Gasteiger charge is -2.31. The summed E-state index contributed by atoms with van der Waals surface area (Å²) in [4.78, 5) is 13.3. The van der Waals surface area contributed by atoms with Crippen LogP contribution in [0.4, 0.5) is 5.69 Å². The molecule has 1 amide bonds. The van der Waals surface area contributed by atoms with Crippen molar-refractivity contribution in [1.29, 1.82) is 0 Å². The van der Waals surface area contributed by atoms with E-state index in [1.807, 2.05) is 62.5 Å². The molecule has 1 fully saturated rings. The van der Waals surface area contributed by atoms with Crippen molar-refractivity contribution in [2.75, 3.05) is 32.2 Å². The molecule has 9 heteroatoms. The number of nitrogens with two attached hydrogens (primary N) is 1. The predicted octanol–water partition coefficient (Wildman–Crippen LogP) is 5.79. The highest BCUT2D eigenvalue weighted by molar-refractivity contribution is 6.31. The minimum absolute atomic E-state index is 0.0608. The number of ether oxygens (including phenoxy) is 2. The number of carbonyl (C=O) groups excluding carboxylic acids is 1. The molecule has 0 spiro atoms. The summed E-state index contributed by atoms with van der Waals surface area (Å²) in [5, 5.41) is 14.7. The van der Waals surface area contributed by atoms with Gasteiger partial charge in [0.15, 0.2) is 0 Å². The van der Waals surface area contributed by atoms with Crippen LogP contribution in [0.3, 0.4) is 0 Å². The highest BCUT2D eigenvalue weighted by Gasteiger charge is 2.31. The Kier molecular flexibility index (Phi) is 14.0. The Bertz CT molecular complexity index is 1180. The van der Waals surface area contributed by atoms with Gasteiger partial charge in [0, 0.05) is 53.1 Å². The standard InChI is InChI=1S/C29H37ClN4O3.C2H5N/c1-19(2)13-22-11-12-24(30)15-26(22)29(34-32-5)37-17-21-14-23(18-36-16-21)27(20(3)31-4)28(35)33-25-9-7-6-8-10-25;1-2-3/h6-12,15,19,21,23,31H,5,13-14,16-18H2,1-4H3,(H,33,35);2H,1,3H2/b27-20-,34-29-;. The van der Waals surface area contributed by atoms with Crippen molar-refractivity contribution in [3.8, 4) is 0 Å². The highest BCUT2D eigenvalue weighted by Crippen LogP contribution is 2.29. The van der Waals surface area contributed by atoms with Crippen LogP contribution >= 0.6 is 11.6 Å². The summed E-state index contributed by atoms with van der Waals surface area (Å²) in [6.07, 6.45) is 2.84. The van der Waals surface area contributed by atoms with Gasteiger partial charge < -0.3 is 25.8 Å². The smallest absolute Gasteiger partial charge is 0.253 e. The van der Waals surface area contributed by atoms with Gasteiger partial charge in [0.05, 0.1) is 19.8 Å². The second-order valence-corrected chi connectivity index (χ2v) is 10.4. The Morgan fingerprint density at radius 2 is 1.95 bits per heavy atom. The van der Waals surface area contributed by atoms with Crippen LogP contribution < -0.4 is 16.4 Å². The lowest BCUT2D eigenvalue weighted by Crippen LogP contribution is -2.35. The quantitative estimate of drug-likeness (QED) is 0.146. The number of rotatable bonds is 10. The maximum absolute atomic E-state index is 13.3. The van der Waals surface area contributed by atoms with Crippen LogP contribution in [0.5, 0.6) is 0 Å². The van der Waals surface area contributed by atoms with E-state index in [-0.39, 0.29) is 17.7 Å². The topological polar surface area (TPSA) is 110 Å². The Morgan fingerprint density at radius 3 is 2.58 bits per heavy atom. The van der Waals surface area contributed by atoms with Gasteiger partial charge in [-0.1, -0.05) is 56.3 Å². The Hall–Kier alpha value is -3.62. The van der Waals surface area contributed by atoms with E-state index in [4.69, 9.17) is 21.1 Å². The lowest BCUT2D eigenvalue weighted by atomic mass is 9.86. The fourth-order valence-corrected chi connectivity index (χ4v) is 4.71. The molecule has 0 radical (unpaired) electrons. The molecular formula is C31H42ClN5O3. The molecule has 4 N–H and O–H groups in total. The van der Waals surface area contributed by atoms with Gasteiger partial charge >= 0.3 is 0 Å². The number of halogens is 1. The monoisotopic (exact) mass is 567 g/mol. The number of anilines is 1. The third-order valence-corrected chi connectivity index (χ3v) is 6.54. The number of para-hydroxylation sites is 1. The molecule has 3 rings (SSSR count). The molecule has 0 aliphatic carbocycles. The van der Waals surface area contributed by atoms with E-state index >= 15 is 0 Å². The summed E-state index contributed by atoms with van der Waals surface area (Å²) in [6.45, 7) is 14.3. The van der Waals surface area contributed by atoms with Crippen LogP contribution in [0.15, 0.2) is 82.8 Å². The maximum atomic E-state index is 13.3. The third-order valence-electron chi connectivity index (χ3n) is 6.30. The molecule has 1 heterocycles. The normalized spacial score (nSPS) is 17.6. The fourth-order valence-electron chi connectivity index (χ4n) is 4.54. The van der Waals surface area contributed by atoms with Gasteiger partial charge in [0.25, 0.3) is 5.91 Å². The van der Waals surface area contributed by atoms with E-state index in [0.717, 1.165) is 35.4 Å². The maximum Gasteiger partial charge on any atom is 0.253 e. The van der Waals surface area contributed by atoms with Gasteiger partial charge in [0.1, 0.15) is 0 Å². The molecule has 2 aromatic rings. The van der Waals surface area contributed by atoms with Gasteiger partial charge in [-0.05, 0) is 61.7 Å². The molecule has 1 aliphatic rings. The number of benzene rings is 2. The third kappa shape index (κ3) is 10.2. The number of carbonyl (C=O) groups is 1. The van der Waals surface area contributed by atoms with Crippen LogP contribution in [0.1, 0.15) is 38.3 Å². The largest absolute Gasteiger partial charge is 0.476 e. The van der Waals surface area contributed by atoms with Crippen molar-refractivity contribution >= 4 is 35.8 Å². The summed E-state index contributed by atoms with van der Waals surface area (Å²) < 4.78 is 12.1. The molecule has 0 aromatic heterocycles. The number of nitrogens with zero attached hydrogens (tertiary/aromatic N) is 2. The van der Waals surface area contributed by atoms with E-state index in [2.05, 4.69) is 53.7 Å². The molecule has 8 nitrogen and oxygen atoms in total. The Morgan fingerprint density at radius 1 is 1.25 bits per heavy atom. The molecular weight excluding hydrogens is 526 g/mol. The van der Waals surface area contributed by atoms with Gasteiger partial charge in [-0.2, -0.15) is 5.10 Å². The molecule has 2 unspecified atom stereocenters. The van der Waals surface area contributed by atoms with Crippen LogP contribution in [-0.4, -0.2) is 45.4 Å². The fraction of sp³-hybridized carbons (Fsp3) is 0.387. The van der Waals surface area contributed by atoms with E-state index in [9.17, 15) is 4.79 Å². The first-order valence-corrected chi connectivity index (χ1v) is 13.7. The van der Waals surface area contributed by atoms with Gasteiger partial charge in [-0.15, -0.1) is 5.10 Å². The van der Waals surface area contributed by atoms with Crippen molar-refractivity contribution < 1.29 is 14.3 Å².